The molecule has 34 heavy (non-hydrogen) atoms. The van der Waals surface area contributed by atoms with E-state index in [0.717, 1.165) is 41.5 Å². The number of amides is 3. The van der Waals surface area contributed by atoms with E-state index in [1.807, 2.05) is 41.3 Å². The molecule has 2 aromatic carbocycles. The van der Waals surface area contributed by atoms with Gasteiger partial charge in [0.25, 0.3) is 0 Å². The summed E-state index contributed by atoms with van der Waals surface area (Å²) in [6.45, 7) is 6.80. The predicted octanol–water partition coefficient (Wildman–Crippen LogP) is 3.99. The van der Waals surface area contributed by atoms with Crippen molar-refractivity contribution in [2.45, 2.75) is 45.1 Å². The van der Waals surface area contributed by atoms with Crippen LogP contribution in [0, 0.1) is 5.41 Å². The second-order valence-electron chi connectivity index (χ2n) is 9.79. The number of phenols is 1. The highest BCUT2D eigenvalue weighted by atomic mass is 16.5. The van der Waals surface area contributed by atoms with Crippen molar-refractivity contribution in [3.63, 3.8) is 0 Å². The van der Waals surface area contributed by atoms with E-state index in [2.05, 4.69) is 24.5 Å². The molecule has 1 aliphatic heterocycles. The van der Waals surface area contributed by atoms with Gasteiger partial charge in [-0.1, -0.05) is 56.7 Å². The molecule has 1 unspecified atom stereocenters. The summed E-state index contributed by atoms with van der Waals surface area (Å²) in [4.78, 5) is 27.0. The summed E-state index contributed by atoms with van der Waals surface area (Å²) in [6, 6.07) is 13.4. The van der Waals surface area contributed by atoms with Crippen molar-refractivity contribution in [3.05, 3.63) is 53.6 Å². The van der Waals surface area contributed by atoms with Gasteiger partial charge in [0, 0.05) is 37.7 Å². The molecular formula is C27H35N3O4. The van der Waals surface area contributed by atoms with Crippen molar-refractivity contribution in [2.24, 2.45) is 5.41 Å². The van der Waals surface area contributed by atoms with Crippen molar-refractivity contribution in [1.82, 2.24) is 15.5 Å². The van der Waals surface area contributed by atoms with Crippen LogP contribution in [-0.2, 0) is 15.1 Å². The lowest BCUT2D eigenvalue weighted by Gasteiger charge is -2.37. The molecule has 3 amide bonds. The van der Waals surface area contributed by atoms with E-state index in [0.29, 0.717) is 32.7 Å². The molecule has 0 aromatic heterocycles. The molecule has 0 spiro atoms. The van der Waals surface area contributed by atoms with Crippen molar-refractivity contribution >= 4 is 11.9 Å². The third-order valence-corrected chi connectivity index (χ3v) is 7.31. The summed E-state index contributed by atoms with van der Waals surface area (Å²) >= 11 is 0. The number of phenolic OH excluding ortho intramolecular Hbond substituents is 1. The van der Waals surface area contributed by atoms with Crippen molar-refractivity contribution in [1.29, 1.82) is 0 Å². The standard InChI is InChI=1S/C27H35N3O4/c1-26(2,14-8-7-11-22(32)30-15-17-34-18-16-30)27(29-25(33)28-3)23-20(12-13-21(31)24(23)27)19-9-5-4-6-10-19/h4-6,9-10,12-13,31H,7-8,11,14-18H2,1-3H3,(H2,28,29,33). The Morgan fingerprint density at radius 1 is 1.06 bits per heavy atom. The molecular weight excluding hydrogens is 430 g/mol. The lowest BCUT2D eigenvalue weighted by molar-refractivity contribution is -0.135. The minimum Gasteiger partial charge on any atom is -0.508 e. The van der Waals surface area contributed by atoms with Crippen molar-refractivity contribution in [2.75, 3.05) is 33.4 Å². The van der Waals surface area contributed by atoms with Gasteiger partial charge in [0.15, 0.2) is 0 Å². The maximum atomic E-state index is 12.6. The average molecular weight is 466 g/mol. The molecule has 1 heterocycles. The maximum absolute atomic E-state index is 12.6. The van der Waals surface area contributed by atoms with E-state index in [9.17, 15) is 14.7 Å². The SMILES string of the molecule is CNC(=O)NC1(C(C)(C)CCCCC(=O)N2CCOCC2)c2c(O)ccc(-c3ccccc3)c21. The van der Waals surface area contributed by atoms with Crippen LogP contribution >= 0.6 is 0 Å². The van der Waals surface area contributed by atoms with Gasteiger partial charge in [-0.3, -0.25) is 4.79 Å². The number of benzene rings is 2. The predicted molar refractivity (Wildman–Crippen MR) is 132 cm³/mol. The average Bonchev–Trinajstić information content (AvgIpc) is 3.54. The molecule has 3 N–H and O–H groups in total. The third kappa shape index (κ3) is 4.37. The number of unbranched alkanes of at least 4 members (excludes halogenated alkanes) is 1. The third-order valence-electron chi connectivity index (χ3n) is 7.31. The monoisotopic (exact) mass is 465 g/mol. The summed E-state index contributed by atoms with van der Waals surface area (Å²) in [6.07, 6.45) is 2.92. The van der Waals surface area contributed by atoms with Gasteiger partial charge in [0.2, 0.25) is 5.91 Å². The van der Waals surface area contributed by atoms with Crippen LogP contribution in [0.25, 0.3) is 11.1 Å². The van der Waals surface area contributed by atoms with Gasteiger partial charge in [-0.15, -0.1) is 0 Å². The minimum atomic E-state index is -0.778. The number of fused-ring (bicyclic) bond motifs is 1. The molecule has 0 saturated carbocycles. The molecule has 0 bridgehead atoms. The largest absolute Gasteiger partial charge is 0.508 e. The van der Waals surface area contributed by atoms with E-state index in [4.69, 9.17) is 4.74 Å². The summed E-state index contributed by atoms with van der Waals surface area (Å²) < 4.78 is 5.33. The lowest BCUT2D eigenvalue weighted by atomic mass is 9.74. The highest BCUT2D eigenvalue weighted by Gasteiger charge is 2.63. The summed E-state index contributed by atoms with van der Waals surface area (Å²) in [5, 5.41) is 16.6. The first-order valence-corrected chi connectivity index (χ1v) is 12.1. The molecule has 0 radical (unpaired) electrons. The summed E-state index contributed by atoms with van der Waals surface area (Å²) in [5.41, 5.74) is 2.65. The van der Waals surface area contributed by atoms with Gasteiger partial charge >= 0.3 is 6.03 Å². The first-order chi connectivity index (χ1) is 16.3. The zero-order chi connectivity index (χ0) is 24.3. The van der Waals surface area contributed by atoms with Crippen LogP contribution in [-0.4, -0.2) is 55.3 Å². The Morgan fingerprint density at radius 3 is 2.44 bits per heavy atom. The fourth-order valence-electron chi connectivity index (χ4n) is 5.33. The fourth-order valence-corrected chi connectivity index (χ4v) is 5.33. The number of rotatable bonds is 8. The van der Waals surface area contributed by atoms with Crippen LogP contribution in [0.1, 0.15) is 50.7 Å². The number of ether oxygens (including phenoxy) is 1. The molecule has 7 nitrogen and oxygen atoms in total. The molecule has 1 atom stereocenters. The number of urea groups is 1. The van der Waals surface area contributed by atoms with E-state index in [1.54, 1.807) is 13.1 Å². The smallest absolute Gasteiger partial charge is 0.315 e. The van der Waals surface area contributed by atoms with E-state index in [1.165, 1.54) is 0 Å². The molecule has 7 heteroatoms. The Bertz CT molecular complexity index is 1050. The van der Waals surface area contributed by atoms with Gasteiger partial charge in [-0.2, -0.15) is 0 Å². The second-order valence-corrected chi connectivity index (χ2v) is 9.79. The summed E-state index contributed by atoms with van der Waals surface area (Å²) in [5.74, 6) is 0.375. The van der Waals surface area contributed by atoms with Crippen LogP contribution in [0.5, 0.6) is 5.75 Å². The van der Waals surface area contributed by atoms with Gasteiger partial charge in [0.1, 0.15) is 11.3 Å². The number of carbonyl (C=O) groups is 2. The Kier molecular flexibility index (Phi) is 6.84. The first kappa shape index (κ1) is 24.1. The molecule has 1 fully saturated rings. The topological polar surface area (TPSA) is 90.9 Å². The highest BCUT2D eigenvalue weighted by Crippen LogP contribution is 2.65. The quantitative estimate of drug-likeness (QED) is 0.514. The molecule has 1 saturated heterocycles. The number of hydrogen-bond acceptors (Lipinski definition) is 4. The first-order valence-electron chi connectivity index (χ1n) is 12.1. The van der Waals surface area contributed by atoms with Crippen LogP contribution in [0.4, 0.5) is 4.79 Å². The van der Waals surface area contributed by atoms with Crippen LogP contribution in [0.15, 0.2) is 42.5 Å². The minimum absolute atomic E-state index is 0.179. The highest BCUT2D eigenvalue weighted by molar-refractivity contribution is 5.87. The number of carbonyl (C=O) groups excluding carboxylic acids is 2. The number of nitrogens with zero attached hydrogens (tertiary/aromatic N) is 1. The zero-order valence-corrected chi connectivity index (χ0v) is 20.3. The van der Waals surface area contributed by atoms with Gasteiger partial charge in [0.05, 0.1) is 13.2 Å². The number of aromatic hydroxyl groups is 1. The molecule has 2 aromatic rings. The lowest BCUT2D eigenvalue weighted by Crippen LogP contribution is -2.49. The number of hydrogen-bond donors (Lipinski definition) is 3. The van der Waals surface area contributed by atoms with E-state index >= 15 is 0 Å². The number of nitrogens with one attached hydrogen (secondary N) is 2. The Balaban J connectivity index is 1.53. The van der Waals surface area contributed by atoms with Crippen LogP contribution in [0.2, 0.25) is 0 Å². The van der Waals surface area contributed by atoms with Crippen LogP contribution < -0.4 is 10.6 Å². The molecule has 2 aliphatic rings. The van der Waals surface area contributed by atoms with Gasteiger partial charge in [-0.05, 0) is 35.4 Å². The fraction of sp³-hybridized carbons (Fsp3) is 0.481. The zero-order valence-electron chi connectivity index (χ0n) is 20.3. The maximum Gasteiger partial charge on any atom is 0.315 e. The molecule has 1 aliphatic carbocycles. The molecule has 4 rings (SSSR count). The van der Waals surface area contributed by atoms with Gasteiger partial charge in [-0.25, -0.2) is 4.79 Å². The number of morpholine rings is 1. The molecule has 182 valence electrons. The Morgan fingerprint density at radius 2 is 1.76 bits per heavy atom. The van der Waals surface area contributed by atoms with Crippen molar-refractivity contribution in [3.8, 4) is 16.9 Å². The van der Waals surface area contributed by atoms with E-state index in [-0.39, 0.29) is 23.1 Å². The Hall–Kier alpha value is -3.06. The Labute approximate surface area is 201 Å². The summed E-state index contributed by atoms with van der Waals surface area (Å²) in [7, 11) is 1.60. The van der Waals surface area contributed by atoms with Gasteiger partial charge < -0.3 is 25.4 Å². The van der Waals surface area contributed by atoms with Crippen molar-refractivity contribution < 1.29 is 19.4 Å². The van der Waals surface area contributed by atoms with Crippen LogP contribution in [0.3, 0.4) is 0 Å². The second kappa shape index (κ2) is 9.66. The normalized spacial score (nSPS) is 19.3. The van der Waals surface area contributed by atoms with E-state index < -0.39 is 5.54 Å².